The molecule has 2 heterocycles. The number of fused-ring (bicyclic) bond motifs is 1. The average Bonchev–Trinajstić information content (AvgIpc) is 2.77. The van der Waals surface area contributed by atoms with Gasteiger partial charge < -0.3 is 14.8 Å². The van der Waals surface area contributed by atoms with E-state index in [0.29, 0.717) is 6.10 Å². The van der Waals surface area contributed by atoms with Crippen LogP contribution < -0.4 is 10.1 Å². The van der Waals surface area contributed by atoms with Gasteiger partial charge in [0.2, 0.25) is 0 Å². The summed E-state index contributed by atoms with van der Waals surface area (Å²) >= 11 is 0. The van der Waals surface area contributed by atoms with Crippen molar-refractivity contribution in [2.45, 2.75) is 32.0 Å². The number of ether oxygens (including phenoxy) is 2. The molecule has 0 atom stereocenters. The van der Waals surface area contributed by atoms with Gasteiger partial charge in [-0.1, -0.05) is 6.07 Å². The second kappa shape index (κ2) is 5.71. The molecule has 4 heteroatoms. The summed E-state index contributed by atoms with van der Waals surface area (Å²) in [6.45, 7) is 3.63. The van der Waals surface area contributed by atoms with E-state index in [1.807, 2.05) is 0 Å². The van der Waals surface area contributed by atoms with Gasteiger partial charge in [0.1, 0.15) is 11.9 Å². The molecule has 0 radical (unpaired) electrons. The van der Waals surface area contributed by atoms with Crippen LogP contribution in [0.1, 0.15) is 24.0 Å². The summed E-state index contributed by atoms with van der Waals surface area (Å²) in [5.74, 6) is 1.01. The zero-order chi connectivity index (χ0) is 10.8. The monoisotopic (exact) mass is 255 g/mol. The Morgan fingerprint density at radius 2 is 1.88 bits per heavy atom. The van der Waals surface area contributed by atoms with Gasteiger partial charge in [-0.05, 0) is 23.3 Å². The van der Waals surface area contributed by atoms with E-state index in [-0.39, 0.29) is 12.4 Å². The molecule has 94 valence electrons. The number of hydrogen-bond acceptors (Lipinski definition) is 3. The van der Waals surface area contributed by atoms with Crippen LogP contribution in [-0.4, -0.2) is 19.3 Å². The highest BCUT2D eigenvalue weighted by atomic mass is 35.5. The van der Waals surface area contributed by atoms with E-state index in [2.05, 4.69) is 23.5 Å². The Bertz CT molecular complexity index is 378. The lowest BCUT2D eigenvalue weighted by Crippen LogP contribution is -2.25. The third kappa shape index (κ3) is 2.92. The van der Waals surface area contributed by atoms with Crippen LogP contribution in [0.15, 0.2) is 18.2 Å². The smallest absolute Gasteiger partial charge is 0.120 e. The Kier molecular flexibility index (Phi) is 4.26. The highest BCUT2D eigenvalue weighted by Gasteiger charge is 2.16. The summed E-state index contributed by atoms with van der Waals surface area (Å²) < 4.78 is 11.3. The largest absolute Gasteiger partial charge is 0.490 e. The Morgan fingerprint density at radius 3 is 2.71 bits per heavy atom. The Morgan fingerprint density at radius 1 is 1.12 bits per heavy atom. The van der Waals surface area contributed by atoms with Crippen molar-refractivity contribution >= 4 is 12.4 Å². The van der Waals surface area contributed by atoms with Crippen molar-refractivity contribution in [3.8, 4) is 5.75 Å². The maximum absolute atomic E-state index is 5.97. The van der Waals surface area contributed by atoms with Gasteiger partial charge in [0, 0.05) is 25.9 Å². The van der Waals surface area contributed by atoms with Crippen LogP contribution in [0.2, 0.25) is 0 Å². The summed E-state index contributed by atoms with van der Waals surface area (Å²) in [7, 11) is 0. The molecule has 1 aromatic rings. The van der Waals surface area contributed by atoms with E-state index in [9.17, 15) is 0 Å². The predicted octanol–water partition coefficient (Wildman–Crippen LogP) is 2.27. The lowest BCUT2D eigenvalue weighted by Gasteiger charge is -2.23. The molecule has 1 saturated heterocycles. The molecule has 2 aliphatic heterocycles. The first-order valence-electron chi connectivity index (χ1n) is 5.99. The quantitative estimate of drug-likeness (QED) is 0.880. The normalized spacial score (nSPS) is 19.5. The number of nitrogens with one attached hydrogen (secondary N) is 1. The van der Waals surface area contributed by atoms with E-state index >= 15 is 0 Å². The van der Waals surface area contributed by atoms with E-state index in [1.165, 1.54) is 11.1 Å². The molecule has 0 amide bonds. The topological polar surface area (TPSA) is 30.5 Å². The Balaban J connectivity index is 0.00000108. The van der Waals surface area contributed by atoms with Crippen molar-refractivity contribution in [1.29, 1.82) is 0 Å². The van der Waals surface area contributed by atoms with Gasteiger partial charge in [-0.2, -0.15) is 0 Å². The van der Waals surface area contributed by atoms with E-state index < -0.39 is 0 Å². The molecule has 0 bridgehead atoms. The van der Waals surface area contributed by atoms with Crippen LogP contribution in [0.25, 0.3) is 0 Å². The highest BCUT2D eigenvalue weighted by Crippen LogP contribution is 2.24. The van der Waals surface area contributed by atoms with Crippen LogP contribution in [0.5, 0.6) is 5.75 Å². The minimum atomic E-state index is 0. The summed E-state index contributed by atoms with van der Waals surface area (Å²) in [5, 5.41) is 3.34. The number of rotatable bonds is 2. The van der Waals surface area contributed by atoms with Crippen molar-refractivity contribution in [2.75, 3.05) is 13.2 Å². The van der Waals surface area contributed by atoms with Crippen LogP contribution >= 0.6 is 12.4 Å². The van der Waals surface area contributed by atoms with E-state index in [1.54, 1.807) is 0 Å². The van der Waals surface area contributed by atoms with Crippen molar-refractivity contribution in [2.24, 2.45) is 0 Å². The third-order valence-electron chi connectivity index (χ3n) is 3.28. The third-order valence-corrected chi connectivity index (χ3v) is 3.28. The lowest BCUT2D eigenvalue weighted by atomic mass is 10.1. The second-order valence-corrected chi connectivity index (χ2v) is 4.46. The van der Waals surface area contributed by atoms with E-state index in [4.69, 9.17) is 9.47 Å². The van der Waals surface area contributed by atoms with Gasteiger partial charge >= 0.3 is 0 Å². The first-order chi connectivity index (χ1) is 7.92. The predicted molar refractivity (Wildman–Crippen MR) is 68.7 cm³/mol. The first kappa shape index (κ1) is 12.7. The fourth-order valence-electron chi connectivity index (χ4n) is 2.33. The minimum Gasteiger partial charge on any atom is -0.490 e. The summed E-state index contributed by atoms with van der Waals surface area (Å²) in [6, 6.07) is 6.43. The average molecular weight is 256 g/mol. The molecule has 0 aliphatic carbocycles. The molecule has 1 aromatic carbocycles. The Hall–Kier alpha value is -0.770. The van der Waals surface area contributed by atoms with Crippen molar-refractivity contribution in [3.05, 3.63) is 29.3 Å². The number of halogens is 1. The summed E-state index contributed by atoms with van der Waals surface area (Å²) in [6.07, 6.45) is 2.35. The van der Waals surface area contributed by atoms with Crippen LogP contribution in [-0.2, 0) is 17.8 Å². The molecule has 0 saturated carbocycles. The molecule has 3 nitrogen and oxygen atoms in total. The molecule has 0 spiro atoms. The fraction of sp³-hybridized carbons (Fsp3) is 0.538. The summed E-state index contributed by atoms with van der Waals surface area (Å²) in [5.41, 5.74) is 2.78. The minimum absolute atomic E-state index is 0. The molecule has 17 heavy (non-hydrogen) atoms. The van der Waals surface area contributed by atoms with Crippen LogP contribution in [0, 0.1) is 0 Å². The number of hydrogen-bond donors (Lipinski definition) is 1. The molecule has 0 unspecified atom stereocenters. The van der Waals surface area contributed by atoms with Gasteiger partial charge in [-0.3, -0.25) is 0 Å². The maximum Gasteiger partial charge on any atom is 0.120 e. The van der Waals surface area contributed by atoms with Crippen LogP contribution in [0.3, 0.4) is 0 Å². The first-order valence-corrected chi connectivity index (χ1v) is 5.99. The molecular formula is C13H18ClNO2. The number of benzene rings is 1. The van der Waals surface area contributed by atoms with Crippen molar-refractivity contribution < 1.29 is 9.47 Å². The molecular weight excluding hydrogens is 238 g/mol. The zero-order valence-electron chi connectivity index (χ0n) is 9.78. The zero-order valence-corrected chi connectivity index (χ0v) is 10.6. The van der Waals surface area contributed by atoms with Gasteiger partial charge in [0.05, 0.1) is 13.2 Å². The standard InChI is InChI=1S/C13H17NO2.ClH/c1-2-13(7-11-9-14-8-10(1)11)16-12-3-5-15-6-4-12;/h1-2,7,12,14H,3-6,8-9H2;1H. The fourth-order valence-corrected chi connectivity index (χ4v) is 2.33. The van der Waals surface area contributed by atoms with E-state index in [0.717, 1.165) is 44.9 Å². The SMILES string of the molecule is Cl.c1cc2c(cc1OC1CCOCC1)CNC2. The van der Waals surface area contributed by atoms with Crippen molar-refractivity contribution in [1.82, 2.24) is 5.32 Å². The van der Waals surface area contributed by atoms with Gasteiger partial charge in [0.25, 0.3) is 0 Å². The molecule has 1 N–H and O–H groups in total. The molecule has 2 aliphatic rings. The maximum atomic E-state index is 5.97. The van der Waals surface area contributed by atoms with Crippen LogP contribution in [0.4, 0.5) is 0 Å². The van der Waals surface area contributed by atoms with Gasteiger partial charge in [-0.15, -0.1) is 12.4 Å². The highest BCUT2D eigenvalue weighted by molar-refractivity contribution is 5.85. The molecule has 1 fully saturated rings. The van der Waals surface area contributed by atoms with Gasteiger partial charge in [0.15, 0.2) is 0 Å². The summed E-state index contributed by atoms with van der Waals surface area (Å²) in [4.78, 5) is 0. The molecule has 0 aromatic heterocycles. The van der Waals surface area contributed by atoms with Crippen molar-refractivity contribution in [3.63, 3.8) is 0 Å². The molecule has 3 rings (SSSR count). The second-order valence-electron chi connectivity index (χ2n) is 4.46. The lowest BCUT2D eigenvalue weighted by molar-refractivity contribution is 0.0255. The Labute approximate surface area is 108 Å². The van der Waals surface area contributed by atoms with Gasteiger partial charge in [-0.25, -0.2) is 0 Å².